The van der Waals surface area contributed by atoms with Crippen molar-refractivity contribution < 1.29 is 22.6 Å². The molecular weight excluding hydrogens is 259 g/mol. The van der Waals surface area contributed by atoms with Crippen molar-refractivity contribution in [1.29, 1.82) is 0 Å². The molecule has 2 aliphatic heterocycles. The predicted molar refractivity (Wildman–Crippen MR) is 62.1 cm³/mol. The summed E-state index contributed by atoms with van der Waals surface area (Å²) in [5.74, 6) is 0.626. The van der Waals surface area contributed by atoms with E-state index in [0.717, 1.165) is 18.5 Å². The van der Waals surface area contributed by atoms with Gasteiger partial charge in [0.1, 0.15) is 17.6 Å². The third-order valence-electron chi connectivity index (χ3n) is 3.67. The molecule has 0 spiro atoms. The minimum absolute atomic E-state index is 0.00936. The number of benzene rings is 1. The monoisotopic (exact) mass is 273 g/mol. The molecule has 0 aromatic heterocycles. The van der Waals surface area contributed by atoms with Crippen LogP contribution in [0.4, 0.5) is 13.2 Å². The lowest BCUT2D eigenvalue weighted by Gasteiger charge is -2.31. The normalized spacial score (nSPS) is 29.4. The minimum atomic E-state index is -4.68. The van der Waals surface area contributed by atoms with E-state index < -0.39 is 6.36 Å². The number of alkyl halides is 3. The van der Waals surface area contributed by atoms with Crippen LogP contribution in [0.3, 0.4) is 0 Å². The standard InChI is InChI=1S/C13H14F3NO2/c1-7-4-5-17-11-9-3-2-8(19-13(14,15)16)6-10(9)18-12(7)11/h2-3,6-7,11-12,17H,4-5H2,1H3. The number of nitrogens with one attached hydrogen (secondary N) is 1. The quantitative estimate of drug-likeness (QED) is 0.853. The Morgan fingerprint density at radius 3 is 2.89 bits per heavy atom. The van der Waals surface area contributed by atoms with Gasteiger partial charge in [-0.25, -0.2) is 0 Å². The van der Waals surface area contributed by atoms with Gasteiger partial charge in [-0.05, 0) is 31.0 Å². The number of hydrogen-bond acceptors (Lipinski definition) is 3. The summed E-state index contributed by atoms with van der Waals surface area (Å²) in [4.78, 5) is 0. The largest absolute Gasteiger partial charge is 0.573 e. The maximum Gasteiger partial charge on any atom is 0.573 e. The van der Waals surface area contributed by atoms with Crippen LogP contribution in [0.1, 0.15) is 24.9 Å². The van der Waals surface area contributed by atoms with Crippen molar-refractivity contribution in [3.8, 4) is 11.5 Å². The number of fused-ring (bicyclic) bond motifs is 3. The van der Waals surface area contributed by atoms with Gasteiger partial charge in [0.2, 0.25) is 0 Å². The van der Waals surface area contributed by atoms with Crippen molar-refractivity contribution >= 4 is 0 Å². The molecule has 104 valence electrons. The van der Waals surface area contributed by atoms with Crippen LogP contribution in [-0.4, -0.2) is 19.0 Å². The molecule has 3 atom stereocenters. The van der Waals surface area contributed by atoms with Crippen LogP contribution >= 0.6 is 0 Å². The van der Waals surface area contributed by atoms with E-state index in [1.54, 1.807) is 6.07 Å². The molecule has 3 unspecified atom stereocenters. The first-order valence-corrected chi connectivity index (χ1v) is 6.24. The molecule has 2 aliphatic rings. The fraction of sp³-hybridized carbons (Fsp3) is 0.538. The lowest BCUT2D eigenvalue weighted by Crippen LogP contribution is -2.42. The molecule has 0 aliphatic carbocycles. The van der Waals surface area contributed by atoms with Gasteiger partial charge in [0, 0.05) is 11.6 Å². The van der Waals surface area contributed by atoms with Crippen LogP contribution in [0.25, 0.3) is 0 Å². The second kappa shape index (κ2) is 4.30. The van der Waals surface area contributed by atoms with Gasteiger partial charge in [0.05, 0.1) is 6.04 Å². The van der Waals surface area contributed by atoms with Crippen LogP contribution in [0.5, 0.6) is 11.5 Å². The van der Waals surface area contributed by atoms with E-state index in [4.69, 9.17) is 4.74 Å². The maximum atomic E-state index is 12.2. The first kappa shape index (κ1) is 12.6. The highest BCUT2D eigenvalue weighted by molar-refractivity contribution is 5.46. The molecule has 3 nitrogen and oxygen atoms in total. The van der Waals surface area contributed by atoms with Gasteiger partial charge in [0.15, 0.2) is 0 Å². The zero-order valence-electron chi connectivity index (χ0n) is 10.3. The summed E-state index contributed by atoms with van der Waals surface area (Å²) >= 11 is 0. The zero-order chi connectivity index (χ0) is 13.6. The topological polar surface area (TPSA) is 30.5 Å². The van der Waals surface area contributed by atoms with E-state index in [1.807, 2.05) is 0 Å². The van der Waals surface area contributed by atoms with Gasteiger partial charge in [0.25, 0.3) is 0 Å². The molecule has 0 radical (unpaired) electrons. The number of rotatable bonds is 1. The van der Waals surface area contributed by atoms with Crippen molar-refractivity contribution in [3.63, 3.8) is 0 Å². The van der Waals surface area contributed by atoms with Crippen LogP contribution in [0.2, 0.25) is 0 Å². The Balaban J connectivity index is 1.86. The lowest BCUT2D eigenvalue weighted by molar-refractivity contribution is -0.274. The third kappa shape index (κ3) is 2.36. The Labute approximate surface area is 108 Å². The Morgan fingerprint density at radius 2 is 2.16 bits per heavy atom. The average Bonchev–Trinajstić information content (AvgIpc) is 2.66. The Hall–Kier alpha value is -1.43. The summed E-state index contributed by atoms with van der Waals surface area (Å²) in [6, 6.07) is 4.36. The molecule has 1 aromatic carbocycles. The van der Waals surface area contributed by atoms with Crippen molar-refractivity contribution in [2.45, 2.75) is 31.9 Å². The molecule has 0 bridgehead atoms. The van der Waals surface area contributed by atoms with Crippen molar-refractivity contribution in [2.24, 2.45) is 5.92 Å². The Bertz CT molecular complexity index is 489. The number of hydrogen-bond donors (Lipinski definition) is 1. The summed E-state index contributed by atoms with van der Waals surface area (Å²) in [7, 11) is 0. The van der Waals surface area contributed by atoms with Crippen LogP contribution < -0.4 is 14.8 Å². The van der Waals surface area contributed by atoms with Crippen molar-refractivity contribution in [1.82, 2.24) is 5.32 Å². The van der Waals surface area contributed by atoms with Gasteiger partial charge < -0.3 is 14.8 Å². The SMILES string of the molecule is CC1CCNC2c3ccc(OC(F)(F)F)cc3OC12. The summed E-state index contributed by atoms with van der Waals surface area (Å²) < 4.78 is 46.2. The summed E-state index contributed by atoms with van der Waals surface area (Å²) in [5.41, 5.74) is 0.908. The average molecular weight is 273 g/mol. The molecule has 0 saturated carbocycles. The molecule has 6 heteroatoms. The second-order valence-corrected chi connectivity index (χ2v) is 5.03. The lowest BCUT2D eigenvalue weighted by atomic mass is 9.89. The molecule has 0 amide bonds. The highest BCUT2D eigenvalue weighted by Gasteiger charge is 2.40. The van der Waals surface area contributed by atoms with E-state index in [0.29, 0.717) is 11.7 Å². The summed E-state index contributed by atoms with van der Waals surface area (Å²) in [5, 5.41) is 3.35. The molecular formula is C13H14F3NO2. The Kier molecular flexibility index (Phi) is 2.85. The molecule has 1 saturated heterocycles. The highest BCUT2D eigenvalue weighted by Crippen LogP contribution is 2.44. The van der Waals surface area contributed by atoms with Gasteiger partial charge in [-0.2, -0.15) is 0 Å². The third-order valence-corrected chi connectivity index (χ3v) is 3.67. The van der Waals surface area contributed by atoms with Gasteiger partial charge in [-0.3, -0.25) is 0 Å². The van der Waals surface area contributed by atoms with Crippen molar-refractivity contribution in [2.75, 3.05) is 6.54 Å². The van der Waals surface area contributed by atoms with E-state index >= 15 is 0 Å². The van der Waals surface area contributed by atoms with Gasteiger partial charge >= 0.3 is 6.36 Å². The molecule has 3 rings (SSSR count). The van der Waals surface area contributed by atoms with E-state index in [9.17, 15) is 13.2 Å². The number of halogens is 3. The number of ether oxygens (including phenoxy) is 2. The molecule has 1 fully saturated rings. The van der Waals surface area contributed by atoms with E-state index in [-0.39, 0.29) is 17.9 Å². The van der Waals surface area contributed by atoms with Gasteiger partial charge in [-0.1, -0.05) is 6.92 Å². The Morgan fingerprint density at radius 1 is 1.37 bits per heavy atom. The van der Waals surface area contributed by atoms with Crippen LogP contribution in [-0.2, 0) is 0 Å². The number of piperidine rings is 1. The molecule has 1 aromatic rings. The van der Waals surface area contributed by atoms with Crippen LogP contribution in [0, 0.1) is 5.92 Å². The molecule has 19 heavy (non-hydrogen) atoms. The predicted octanol–water partition coefficient (Wildman–Crippen LogP) is 3.02. The zero-order valence-corrected chi connectivity index (χ0v) is 10.3. The summed E-state index contributed by atoms with van der Waals surface area (Å²) in [6.07, 6.45) is -3.68. The van der Waals surface area contributed by atoms with Gasteiger partial charge in [-0.15, -0.1) is 13.2 Å². The fourth-order valence-corrected chi connectivity index (χ4v) is 2.76. The molecule has 1 N–H and O–H groups in total. The first-order chi connectivity index (χ1) is 8.94. The summed E-state index contributed by atoms with van der Waals surface area (Å²) in [6.45, 7) is 2.99. The van der Waals surface area contributed by atoms with Crippen molar-refractivity contribution in [3.05, 3.63) is 23.8 Å². The van der Waals surface area contributed by atoms with E-state index in [1.165, 1.54) is 12.1 Å². The smallest absolute Gasteiger partial charge is 0.488 e. The van der Waals surface area contributed by atoms with Crippen LogP contribution in [0.15, 0.2) is 18.2 Å². The van der Waals surface area contributed by atoms with E-state index in [2.05, 4.69) is 17.0 Å². The molecule has 2 heterocycles. The minimum Gasteiger partial charge on any atom is -0.488 e. The fourth-order valence-electron chi connectivity index (χ4n) is 2.76. The maximum absolute atomic E-state index is 12.2. The second-order valence-electron chi connectivity index (χ2n) is 5.03. The highest BCUT2D eigenvalue weighted by atomic mass is 19.4. The first-order valence-electron chi connectivity index (χ1n) is 6.24.